The maximum atomic E-state index is 12.9. The number of esters is 1. The van der Waals surface area contributed by atoms with Crippen molar-refractivity contribution in [2.45, 2.75) is 70.8 Å². The quantitative estimate of drug-likeness (QED) is 0.552. The third-order valence-corrected chi connectivity index (χ3v) is 8.17. The highest BCUT2D eigenvalue weighted by atomic mass is 16.6. The maximum Gasteiger partial charge on any atom is 0.304 e. The molecular formula is C23H28O4. The molecule has 3 fully saturated rings. The molecule has 0 aromatic rings. The first kappa shape index (κ1) is 18.5. The van der Waals surface area contributed by atoms with Gasteiger partial charge in [0.2, 0.25) is 0 Å². The first-order valence-corrected chi connectivity index (χ1v) is 10.3. The van der Waals surface area contributed by atoms with Gasteiger partial charge in [-0.3, -0.25) is 14.4 Å². The van der Waals surface area contributed by atoms with Crippen molar-refractivity contribution >= 4 is 17.5 Å². The normalized spacial score (nSPS) is 43.1. The van der Waals surface area contributed by atoms with Crippen molar-refractivity contribution in [2.75, 3.05) is 0 Å². The van der Waals surface area contributed by atoms with E-state index in [0.29, 0.717) is 31.1 Å². The predicted octanol–water partition coefficient (Wildman–Crippen LogP) is 3.63. The minimum Gasteiger partial charge on any atom is -0.445 e. The second-order valence-corrected chi connectivity index (χ2v) is 8.92. The third-order valence-electron chi connectivity index (χ3n) is 8.17. The second kappa shape index (κ2) is 6.33. The van der Waals surface area contributed by atoms with Crippen LogP contribution in [0.25, 0.3) is 0 Å². The summed E-state index contributed by atoms with van der Waals surface area (Å²) in [6, 6.07) is 0. The van der Waals surface area contributed by atoms with Crippen molar-refractivity contribution in [3.05, 3.63) is 11.6 Å². The van der Waals surface area contributed by atoms with Gasteiger partial charge in [0.1, 0.15) is 0 Å². The number of allylic oxidation sites excluding steroid dienone is 1. The molecule has 0 heterocycles. The van der Waals surface area contributed by atoms with Gasteiger partial charge in [0.15, 0.2) is 17.2 Å². The lowest BCUT2D eigenvalue weighted by Crippen LogP contribution is -2.55. The van der Waals surface area contributed by atoms with Gasteiger partial charge in [0, 0.05) is 30.8 Å². The van der Waals surface area contributed by atoms with Gasteiger partial charge in [-0.15, -0.1) is 6.42 Å². The van der Waals surface area contributed by atoms with Crippen LogP contribution in [0.4, 0.5) is 0 Å². The van der Waals surface area contributed by atoms with Gasteiger partial charge in [0.25, 0.3) is 0 Å². The molecule has 0 amide bonds. The molecule has 4 heteroatoms. The Kier molecular flexibility index (Phi) is 4.33. The van der Waals surface area contributed by atoms with Gasteiger partial charge in [-0.25, -0.2) is 0 Å². The van der Waals surface area contributed by atoms with Crippen LogP contribution in [-0.2, 0) is 19.1 Å². The second-order valence-electron chi connectivity index (χ2n) is 8.92. The number of hydrogen-bond acceptors (Lipinski definition) is 4. The third kappa shape index (κ3) is 2.47. The Hall–Kier alpha value is -1.89. The monoisotopic (exact) mass is 368 g/mol. The molecule has 3 saturated carbocycles. The SMILES string of the molecule is C#CC1(OC(C)=O)CCC2C3CC(=O)C4=CC(=O)CCC4C3CCC21CC. The van der Waals surface area contributed by atoms with Gasteiger partial charge in [0.05, 0.1) is 0 Å². The Morgan fingerprint density at radius 2 is 2.04 bits per heavy atom. The minimum absolute atomic E-state index is 0.0915. The van der Waals surface area contributed by atoms with Gasteiger partial charge >= 0.3 is 5.97 Å². The summed E-state index contributed by atoms with van der Waals surface area (Å²) in [6.45, 7) is 3.57. The molecule has 0 bridgehead atoms. The lowest BCUT2D eigenvalue weighted by Gasteiger charge is -2.55. The largest absolute Gasteiger partial charge is 0.445 e. The summed E-state index contributed by atoms with van der Waals surface area (Å²) >= 11 is 0. The number of ether oxygens (including phenoxy) is 1. The molecule has 0 saturated heterocycles. The van der Waals surface area contributed by atoms with E-state index in [4.69, 9.17) is 11.2 Å². The highest BCUT2D eigenvalue weighted by Gasteiger charge is 2.66. The van der Waals surface area contributed by atoms with E-state index in [9.17, 15) is 14.4 Å². The van der Waals surface area contributed by atoms with E-state index in [-0.39, 0.29) is 34.8 Å². The molecule has 0 N–H and O–H groups in total. The molecule has 4 rings (SSSR count). The van der Waals surface area contributed by atoms with Crippen LogP contribution in [-0.4, -0.2) is 23.1 Å². The van der Waals surface area contributed by atoms with Crippen LogP contribution in [0.5, 0.6) is 0 Å². The average Bonchev–Trinajstić information content (AvgIpc) is 2.97. The molecule has 0 aliphatic heterocycles. The van der Waals surface area contributed by atoms with Crippen molar-refractivity contribution in [2.24, 2.45) is 29.1 Å². The number of rotatable bonds is 2. The van der Waals surface area contributed by atoms with E-state index in [0.717, 1.165) is 37.7 Å². The first-order chi connectivity index (χ1) is 12.9. The molecule has 4 aliphatic carbocycles. The van der Waals surface area contributed by atoms with Crippen LogP contribution < -0.4 is 0 Å². The predicted molar refractivity (Wildman–Crippen MR) is 100 cm³/mol. The highest BCUT2D eigenvalue weighted by molar-refractivity contribution is 6.05. The van der Waals surface area contributed by atoms with Gasteiger partial charge < -0.3 is 4.74 Å². The van der Waals surface area contributed by atoms with E-state index < -0.39 is 5.60 Å². The first-order valence-electron chi connectivity index (χ1n) is 10.3. The van der Waals surface area contributed by atoms with E-state index in [2.05, 4.69) is 12.8 Å². The molecule has 0 spiro atoms. The lowest BCUT2D eigenvalue weighted by atomic mass is 9.49. The van der Waals surface area contributed by atoms with Crippen molar-refractivity contribution in [3.8, 4) is 12.3 Å². The summed E-state index contributed by atoms with van der Waals surface area (Å²) in [6.07, 6.45) is 13.8. The Morgan fingerprint density at radius 3 is 2.70 bits per heavy atom. The molecule has 6 unspecified atom stereocenters. The zero-order chi connectivity index (χ0) is 19.4. The van der Waals surface area contributed by atoms with Crippen LogP contribution in [0.3, 0.4) is 0 Å². The summed E-state index contributed by atoms with van der Waals surface area (Å²) in [5.41, 5.74) is -0.302. The lowest BCUT2D eigenvalue weighted by molar-refractivity contribution is -0.171. The molecule has 6 atom stereocenters. The summed E-state index contributed by atoms with van der Waals surface area (Å²) in [5.74, 6) is 4.05. The van der Waals surface area contributed by atoms with E-state index in [1.807, 2.05) is 0 Å². The van der Waals surface area contributed by atoms with Crippen molar-refractivity contribution in [1.82, 2.24) is 0 Å². The average molecular weight is 368 g/mol. The number of ketones is 2. The van der Waals surface area contributed by atoms with E-state index in [1.54, 1.807) is 6.08 Å². The fraction of sp³-hybridized carbons (Fsp3) is 0.696. The molecule has 0 aromatic carbocycles. The van der Waals surface area contributed by atoms with Gasteiger partial charge in [-0.05, 0) is 68.3 Å². The summed E-state index contributed by atoms with van der Waals surface area (Å²) in [7, 11) is 0. The molecule has 0 aromatic heterocycles. The van der Waals surface area contributed by atoms with Crippen molar-refractivity contribution in [3.63, 3.8) is 0 Å². The van der Waals surface area contributed by atoms with Crippen LogP contribution in [0.15, 0.2) is 11.6 Å². The van der Waals surface area contributed by atoms with E-state index >= 15 is 0 Å². The van der Waals surface area contributed by atoms with Crippen molar-refractivity contribution in [1.29, 1.82) is 0 Å². The molecule has 27 heavy (non-hydrogen) atoms. The zero-order valence-corrected chi connectivity index (χ0v) is 16.3. The topological polar surface area (TPSA) is 60.4 Å². The standard InChI is InChI=1S/C23H28O4/c1-4-22-10-8-17-16-7-6-15(25)12-19(16)21(26)13-18(17)20(22)9-11-23(22,5-2)27-14(3)24/h2,12,16-18,20H,4,6-11,13H2,1,3H3. The number of carbonyl (C=O) groups is 3. The Morgan fingerprint density at radius 1 is 1.26 bits per heavy atom. The Labute approximate surface area is 161 Å². The van der Waals surface area contributed by atoms with Crippen LogP contribution in [0.1, 0.15) is 65.2 Å². The maximum absolute atomic E-state index is 12.9. The zero-order valence-electron chi connectivity index (χ0n) is 16.3. The number of terminal acetylenes is 1. The molecule has 0 radical (unpaired) electrons. The van der Waals surface area contributed by atoms with Gasteiger partial charge in [-0.1, -0.05) is 12.8 Å². The van der Waals surface area contributed by atoms with E-state index in [1.165, 1.54) is 6.92 Å². The van der Waals surface area contributed by atoms with Gasteiger partial charge in [-0.2, -0.15) is 0 Å². The summed E-state index contributed by atoms with van der Waals surface area (Å²) in [5, 5.41) is 0. The van der Waals surface area contributed by atoms with Crippen molar-refractivity contribution < 1.29 is 19.1 Å². The fourth-order valence-corrected chi connectivity index (χ4v) is 7.16. The summed E-state index contributed by atoms with van der Waals surface area (Å²) in [4.78, 5) is 36.5. The van der Waals surface area contributed by atoms with Crippen LogP contribution in [0.2, 0.25) is 0 Å². The Balaban J connectivity index is 1.72. The summed E-state index contributed by atoms with van der Waals surface area (Å²) < 4.78 is 5.82. The number of Topliss-reactive ketones (excluding diaryl/α,β-unsaturated/α-hetero) is 1. The smallest absolute Gasteiger partial charge is 0.304 e. The minimum atomic E-state index is -0.842. The molecular weight excluding hydrogens is 340 g/mol. The fourth-order valence-electron chi connectivity index (χ4n) is 7.16. The van der Waals surface area contributed by atoms with Crippen LogP contribution >= 0.6 is 0 Å². The number of fused-ring (bicyclic) bond motifs is 5. The number of carbonyl (C=O) groups excluding carboxylic acids is 3. The molecule has 4 aliphatic rings. The van der Waals surface area contributed by atoms with Crippen LogP contribution in [0, 0.1) is 41.4 Å². The highest BCUT2D eigenvalue weighted by Crippen LogP contribution is 2.66. The Bertz CT molecular complexity index is 772. The molecule has 144 valence electrons. The molecule has 4 nitrogen and oxygen atoms in total. The number of hydrogen-bond donors (Lipinski definition) is 0.